The molecule has 2 aromatic heterocycles. The molecular formula is C13H10N4OS2. The molecule has 0 fully saturated rings. The van der Waals surface area contributed by atoms with Crippen LogP contribution in [0.15, 0.2) is 46.2 Å². The summed E-state index contributed by atoms with van der Waals surface area (Å²) in [5.74, 6) is -0.00674. The highest BCUT2D eigenvalue weighted by atomic mass is 32.1. The van der Waals surface area contributed by atoms with Gasteiger partial charge in [-0.3, -0.25) is 5.43 Å². The van der Waals surface area contributed by atoms with Gasteiger partial charge in [-0.25, -0.2) is 4.98 Å². The van der Waals surface area contributed by atoms with Gasteiger partial charge in [0.15, 0.2) is 0 Å². The van der Waals surface area contributed by atoms with Crippen molar-refractivity contribution in [3.63, 3.8) is 0 Å². The van der Waals surface area contributed by atoms with E-state index in [1.54, 1.807) is 17.6 Å². The fourth-order valence-corrected chi connectivity index (χ4v) is 2.83. The maximum Gasteiger partial charge on any atom is 0.223 e. The number of nitrogens with one attached hydrogen (secondary N) is 1. The molecule has 7 heteroatoms. The van der Waals surface area contributed by atoms with Crippen LogP contribution in [0, 0.1) is 0 Å². The molecule has 0 aliphatic rings. The third kappa shape index (κ3) is 3.01. The zero-order valence-corrected chi connectivity index (χ0v) is 11.9. The van der Waals surface area contributed by atoms with Crippen LogP contribution < -0.4 is 5.43 Å². The van der Waals surface area contributed by atoms with Crippen molar-refractivity contribution in [3.8, 4) is 16.5 Å². The van der Waals surface area contributed by atoms with Crippen molar-refractivity contribution in [1.29, 1.82) is 0 Å². The lowest BCUT2D eigenvalue weighted by Gasteiger charge is -1.93. The zero-order chi connectivity index (χ0) is 13.8. The van der Waals surface area contributed by atoms with Crippen LogP contribution in [0.2, 0.25) is 0 Å². The highest BCUT2D eigenvalue weighted by Crippen LogP contribution is 2.23. The van der Waals surface area contributed by atoms with Crippen molar-refractivity contribution in [2.45, 2.75) is 0 Å². The van der Waals surface area contributed by atoms with Crippen LogP contribution in [0.5, 0.6) is 5.88 Å². The number of thiazole rings is 2. The normalized spacial score (nSPS) is 11.0. The van der Waals surface area contributed by atoms with Crippen LogP contribution in [0.4, 0.5) is 5.13 Å². The molecule has 0 saturated heterocycles. The molecule has 3 aromatic rings. The Morgan fingerprint density at radius 1 is 1.10 bits per heavy atom. The summed E-state index contributed by atoms with van der Waals surface area (Å²) in [4.78, 5) is 8.31. The molecule has 1 aromatic carbocycles. The average Bonchev–Trinajstić information content (AvgIpc) is 3.09. The number of aromatic hydroxyl groups is 1. The predicted octanol–water partition coefficient (Wildman–Crippen LogP) is 3.42. The monoisotopic (exact) mass is 302 g/mol. The lowest BCUT2D eigenvalue weighted by molar-refractivity contribution is 0.458. The van der Waals surface area contributed by atoms with Crippen molar-refractivity contribution in [3.05, 3.63) is 46.8 Å². The van der Waals surface area contributed by atoms with Gasteiger partial charge in [-0.1, -0.05) is 41.7 Å². The second-order valence-corrected chi connectivity index (χ2v) is 5.54. The summed E-state index contributed by atoms with van der Waals surface area (Å²) < 4.78 is 0. The summed E-state index contributed by atoms with van der Waals surface area (Å²) in [5, 5.41) is 18.1. The minimum atomic E-state index is -0.00674. The quantitative estimate of drug-likeness (QED) is 0.572. The molecule has 3 rings (SSSR count). The Morgan fingerprint density at radius 2 is 1.95 bits per heavy atom. The number of rotatable bonds is 4. The zero-order valence-electron chi connectivity index (χ0n) is 10.2. The van der Waals surface area contributed by atoms with Crippen LogP contribution in [-0.2, 0) is 0 Å². The summed E-state index contributed by atoms with van der Waals surface area (Å²) in [6, 6.07) is 10.0. The van der Waals surface area contributed by atoms with Crippen LogP contribution in [0.25, 0.3) is 10.6 Å². The Morgan fingerprint density at radius 3 is 2.70 bits per heavy atom. The second-order valence-electron chi connectivity index (χ2n) is 3.82. The van der Waals surface area contributed by atoms with E-state index in [0.717, 1.165) is 16.3 Å². The number of hydrazone groups is 1. The van der Waals surface area contributed by atoms with Crippen molar-refractivity contribution >= 4 is 34.0 Å². The van der Waals surface area contributed by atoms with Gasteiger partial charge in [-0.2, -0.15) is 10.1 Å². The second kappa shape index (κ2) is 5.81. The number of hydrogen-bond acceptors (Lipinski definition) is 7. The molecule has 100 valence electrons. The molecule has 0 atom stereocenters. The van der Waals surface area contributed by atoms with Crippen molar-refractivity contribution < 1.29 is 5.11 Å². The fourth-order valence-electron chi connectivity index (χ4n) is 1.53. The molecule has 0 aliphatic carbocycles. The topological polar surface area (TPSA) is 70.4 Å². The van der Waals surface area contributed by atoms with Gasteiger partial charge < -0.3 is 5.11 Å². The van der Waals surface area contributed by atoms with Crippen molar-refractivity contribution in [2.24, 2.45) is 5.10 Å². The summed E-state index contributed by atoms with van der Waals surface area (Å²) in [6.45, 7) is 0. The van der Waals surface area contributed by atoms with Gasteiger partial charge in [0.2, 0.25) is 11.0 Å². The van der Waals surface area contributed by atoms with E-state index in [1.165, 1.54) is 16.7 Å². The van der Waals surface area contributed by atoms with Crippen LogP contribution >= 0.6 is 22.7 Å². The minimum absolute atomic E-state index is 0.00674. The molecule has 2 heterocycles. The minimum Gasteiger partial charge on any atom is -0.493 e. The number of nitrogens with zero attached hydrogens (tertiary/aromatic N) is 3. The van der Waals surface area contributed by atoms with Crippen LogP contribution in [0.1, 0.15) is 5.69 Å². The lowest BCUT2D eigenvalue weighted by atomic mass is 10.2. The maximum atomic E-state index is 9.10. The molecule has 0 spiro atoms. The summed E-state index contributed by atoms with van der Waals surface area (Å²) in [6.07, 6.45) is 1.63. The van der Waals surface area contributed by atoms with Gasteiger partial charge in [0.1, 0.15) is 5.01 Å². The van der Waals surface area contributed by atoms with Gasteiger partial charge in [0.05, 0.1) is 17.3 Å². The third-order valence-electron chi connectivity index (χ3n) is 2.39. The first kappa shape index (κ1) is 12.8. The fraction of sp³-hybridized carbons (Fsp3) is 0. The number of benzene rings is 1. The predicted molar refractivity (Wildman–Crippen MR) is 82.5 cm³/mol. The first-order chi connectivity index (χ1) is 9.81. The van der Waals surface area contributed by atoms with Crippen LogP contribution in [-0.4, -0.2) is 21.3 Å². The van der Waals surface area contributed by atoms with E-state index in [0.29, 0.717) is 5.13 Å². The van der Waals surface area contributed by atoms with E-state index in [-0.39, 0.29) is 5.88 Å². The Balaban J connectivity index is 1.68. The van der Waals surface area contributed by atoms with Crippen LogP contribution in [0.3, 0.4) is 0 Å². The first-order valence-corrected chi connectivity index (χ1v) is 7.52. The molecule has 20 heavy (non-hydrogen) atoms. The molecule has 0 aliphatic heterocycles. The van der Waals surface area contributed by atoms with E-state index in [1.807, 2.05) is 35.7 Å². The summed E-state index contributed by atoms with van der Waals surface area (Å²) in [5.41, 5.74) is 4.62. The van der Waals surface area contributed by atoms with Crippen molar-refractivity contribution in [1.82, 2.24) is 9.97 Å². The molecular weight excluding hydrogens is 292 g/mol. The third-order valence-corrected chi connectivity index (χ3v) is 4.04. The largest absolute Gasteiger partial charge is 0.493 e. The van der Waals surface area contributed by atoms with E-state index in [2.05, 4.69) is 20.5 Å². The maximum absolute atomic E-state index is 9.10. The number of hydrogen-bond donors (Lipinski definition) is 2. The highest BCUT2D eigenvalue weighted by Gasteiger charge is 2.02. The molecule has 0 unspecified atom stereocenters. The molecule has 0 saturated carbocycles. The van der Waals surface area contributed by atoms with Gasteiger partial charge in [0, 0.05) is 10.9 Å². The SMILES string of the molecule is Oc1csc(N/N=C/c2csc(-c3ccccc3)n2)n1. The highest BCUT2D eigenvalue weighted by molar-refractivity contribution is 7.14. The molecule has 0 bridgehead atoms. The molecule has 5 nitrogen and oxygen atoms in total. The Bertz CT molecular complexity index is 721. The lowest BCUT2D eigenvalue weighted by Crippen LogP contribution is -1.89. The molecule has 0 amide bonds. The Kier molecular flexibility index (Phi) is 3.71. The van der Waals surface area contributed by atoms with Crippen molar-refractivity contribution in [2.75, 3.05) is 5.43 Å². The first-order valence-electron chi connectivity index (χ1n) is 5.76. The smallest absolute Gasteiger partial charge is 0.223 e. The Hall–Kier alpha value is -2.25. The van der Waals surface area contributed by atoms with E-state index < -0.39 is 0 Å². The molecule has 2 N–H and O–H groups in total. The number of anilines is 1. The van der Waals surface area contributed by atoms with E-state index in [4.69, 9.17) is 5.11 Å². The summed E-state index contributed by atoms with van der Waals surface area (Å²) in [7, 11) is 0. The Labute approximate surface area is 123 Å². The van der Waals surface area contributed by atoms with Gasteiger partial charge >= 0.3 is 0 Å². The van der Waals surface area contributed by atoms with E-state index >= 15 is 0 Å². The summed E-state index contributed by atoms with van der Waals surface area (Å²) >= 11 is 2.85. The average molecular weight is 302 g/mol. The standard InChI is InChI=1S/C13H10N4OS2/c18-11-8-20-13(16-11)17-14-6-10-7-19-12(15-10)9-4-2-1-3-5-9/h1-8,18H,(H,16,17)/b14-6+. The van der Waals surface area contributed by atoms with Gasteiger partial charge in [-0.15, -0.1) is 11.3 Å². The van der Waals surface area contributed by atoms with Gasteiger partial charge in [-0.05, 0) is 0 Å². The molecule has 0 radical (unpaired) electrons. The van der Waals surface area contributed by atoms with Gasteiger partial charge in [0.25, 0.3) is 0 Å². The van der Waals surface area contributed by atoms with E-state index in [9.17, 15) is 0 Å². The number of aromatic nitrogens is 2.